The molecule has 82 valence electrons. The molecule has 0 bridgehead atoms. The molecule has 0 aliphatic carbocycles. The van der Waals surface area contributed by atoms with Crippen LogP contribution in [0.5, 0.6) is 0 Å². The highest BCUT2D eigenvalue weighted by atomic mass is 35.5. The van der Waals surface area contributed by atoms with Crippen LogP contribution in [0.2, 0.25) is 24.7 Å². The van der Waals surface area contributed by atoms with Gasteiger partial charge in [-0.2, -0.15) is 0 Å². The van der Waals surface area contributed by atoms with E-state index < -0.39 is 13.7 Å². The van der Waals surface area contributed by atoms with Crippen molar-refractivity contribution >= 4 is 19.7 Å². The van der Waals surface area contributed by atoms with Gasteiger partial charge in [0.15, 0.2) is 5.76 Å². The zero-order valence-electron chi connectivity index (χ0n) is 9.35. The van der Waals surface area contributed by atoms with E-state index in [1.165, 1.54) is 12.1 Å². The summed E-state index contributed by atoms with van der Waals surface area (Å²) in [5, 5.41) is 0.318. The SMILES string of the molecule is C[Si](C)(C)C#CC#Cc1cc(Cl)cc(=O)o1. The molecule has 1 rings (SSSR count). The van der Waals surface area contributed by atoms with E-state index in [1.54, 1.807) is 0 Å². The topological polar surface area (TPSA) is 30.2 Å². The van der Waals surface area contributed by atoms with Crippen molar-refractivity contribution in [2.24, 2.45) is 0 Å². The van der Waals surface area contributed by atoms with Crippen LogP contribution in [0.15, 0.2) is 21.3 Å². The number of hydrogen-bond acceptors (Lipinski definition) is 2. The molecule has 0 aliphatic heterocycles. The second kappa shape index (κ2) is 5.07. The molecule has 0 unspecified atom stereocenters. The Labute approximate surface area is 101 Å². The highest BCUT2D eigenvalue weighted by molar-refractivity contribution is 6.83. The minimum atomic E-state index is -1.40. The van der Waals surface area contributed by atoms with Gasteiger partial charge in [0.1, 0.15) is 8.07 Å². The summed E-state index contributed by atoms with van der Waals surface area (Å²) in [6.07, 6.45) is 0. The van der Waals surface area contributed by atoms with Gasteiger partial charge in [-0.05, 0) is 17.8 Å². The summed E-state index contributed by atoms with van der Waals surface area (Å²) in [5.41, 5.74) is 2.58. The van der Waals surface area contributed by atoms with Gasteiger partial charge in [0.2, 0.25) is 0 Å². The van der Waals surface area contributed by atoms with Gasteiger partial charge in [0, 0.05) is 12.1 Å². The van der Waals surface area contributed by atoms with Crippen LogP contribution in [0.25, 0.3) is 0 Å². The molecule has 16 heavy (non-hydrogen) atoms. The van der Waals surface area contributed by atoms with E-state index in [-0.39, 0.29) is 5.76 Å². The monoisotopic (exact) mass is 250 g/mol. The van der Waals surface area contributed by atoms with Crippen LogP contribution in [-0.2, 0) is 0 Å². The van der Waals surface area contributed by atoms with E-state index in [0.717, 1.165) is 0 Å². The lowest BCUT2D eigenvalue weighted by Crippen LogP contribution is -2.16. The molecular weight excluding hydrogens is 240 g/mol. The molecule has 0 saturated heterocycles. The smallest absolute Gasteiger partial charge is 0.338 e. The van der Waals surface area contributed by atoms with Crippen LogP contribution in [0.1, 0.15) is 5.76 Å². The van der Waals surface area contributed by atoms with E-state index in [9.17, 15) is 4.79 Å². The van der Waals surface area contributed by atoms with Gasteiger partial charge in [-0.15, -0.1) is 5.54 Å². The molecule has 1 aromatic heterocycles. The third-order valence-electron chi connectivity index (χ3n) is 1.42. The fraction of sp³-hybridized carbons (Fsp3) is 0.250. The normalized spacial score (nSPS) is 9.75. The van der Waals surface area contributed by atoms with Crippen molar-refractivity contribution in [1.29, 1.82) is 0 Å². The minimum Gasteiger partial charge on any atom is -0.414 e. The summed E-state index contributed by atoms with van der Waals surface area (Å²) in [7, 11) is -1.40. The lowest BCUT2D eigenvalue weighted by molar-refractivity contribution is 0.499. The molecule has 0 amide bonds. The van der Waals surface area contributed by atoms with E-state index in [4.69, 9.17) is 16.0 Å². The first-order valence-corrected chi connectivity index (χ1v) is 8.58. The summed E-state index contributed by atoms with van der Waals surface area (Å²) >= 11 is 5.68. The van der Waals surface area contributed by atoms with Crippen molar-refractivity contribution in [2.75, 3.05) is 0 Å². The maximum Gasteiger partial charge on any atom is 0.338 e. The van der Waals surface area contributed by atoms with Gasteiger partial charge < -0.3 is 4.42 Å². The van der Waals surface area contributed by atoms with Gasteiger partial charge in [-0.3, -0.25) is 0 Å². The second-order valence-corrected chi connectivity index (χ2v) is 9.40. The first-order valence-electron chi connectivity index (χ1n) is 4.71. The summed E-state index contributed by atoms with van der Waals surface area (Å²) in [4.78, 5) is 11.0. The molecule has 2 nitrogen and oxygen atoms in total. The molecule has 1 heterocycles. The second-order valence-electron chi connectivity index (χ2n) is 4.21. The molecule has 0 fully saturated rings. The molecular formula is C12H11ClO2Si. The molecule has 4 heteroatoms. The van der Waals surface area contributed by atoms with Gasteiger partial charge in [-0.1, -0.05) is 31.2 Å². The predicted molar refractivity (Wildman–Crippen MR) is 68.0 cm³/mol. The quantitative estimate of drug-likeness (QED) is 0.523. The fourth-order valence-corrected chi connectivity index (χ4v) is 1.45. The average molecular weight is 251 g/mol. The zero-order valence-corrected chi connectivity index (χ0v) is 11.1. The molecule has 1 aromatic rings. The van der Waals surface area contributed by atoms with Crippen molar-refractivity contribution in [3.8, 4) is 23.3 Å². The largest absolute Gasteiger partial charge is 0.414 e. The third kappa shape index (κ3) is 4.88. The third-order valence-corrected chi connectivity index (χ3v) is 2.51. The minimum absolute atomic E-state index is 0.238. The van der Waals surface area contributed by atoms with Crippen LogP contribution in [-0.4, -0.2) is 8.07 Å². The number of rotatable bonds is 0. The maximum absolute atomic E-state index is 11.0. The highest BCUT2D eigenvalue weighted by Gasteiger charge is 2.06. The maximum atomic E-state index is 11.0. The molecule has 0 radical (unpaired) electrons. The fourth-order valence-electron chi connectivity index (χ4n) is 0.820. The summed E-state index contributed by atoms with van der Waals surface area (Å²) in [6, 6.07) is 2.69. The lowest BCUT2D eigenvalue weighted by atomic mass is 10.4. The van der Waals surface area contributed by atoms with Crippen LogP contribution < -0.4 is 5.63 Å². The summed E-state index contributed by atoms with van der Waals surface area (Å²) < 4.78 is 4.82. The van der Waals surface area contributed by atoms with Crippen LogP contribution >= 0.6 is 11.6 Å². The van der Waals surface area contributed by atoms with Crippen molar-refractivity contribution in [3.63, 3.8) is 0 Å². The first-order chi connectivity index (χ1) is 7.37. The van der Waals surface area contributed by atoms with Crippen molar-refractivity contribution < 1.29 is 4.42 Å². The molecule has 0 spiro atoms. The Balaban J connectivity index is 2.93. The zero-order chi connectivity index (χ0) is 12.2. The Bertz CT molecular complexity index is 559. The van der Waals surface area contributed by atoms with Gasteiger partial charge in [0.25, 0.3) is 0 Å². The van der Waals surface area contributed by atoms with Crippen molar-refractivity contribution in [3.05, 3.63) is 33.3 Å². The molecule has 0 aromatic carbocycles. The Morgan fingerprint density at radius 3 is 2.50 bits per heavy atom. The summed E-state index contributed by atoms with van der Waals surface area (Å²) in [6.45, 7) is 6.38. The molecule has 0 N–H and O–H groups in total. The Hall–Kier alpha value is -1.42. The Morgan fingerprint density at radius 2 is 1.94 bits per heavy atom. The molecule has 0 aliphatic rings. The van der Waals surface area contributed by atoms with Gasteiger partial charge >= 0.3 is 5.63 Å². The predicted octanol–water partition coefficient (Wildman–Crippen LogP) is 2.53. The highest BCUT2D eigenvalue weighted by Crippen LogP contribution is 2.05. The number of halogens is 1. The van der Waals surface area contributed by atoms with E-state index in [2.05, 4.69) is 42.9 Å². The average Bonchev–Trinajstić information content (AvgIpc) is 2.09. The first kappa shape index (κ1) is 12.6. The molecule has 0 saturated carbocycles. The Kier molecular flexibility index (Phi) is 4.01. The van der Waals surface area contributed by atoms with E-state index >= 15 is 0 Å². The summed E-state index contributed by atoms with van der Waals surface area (Å²) in [5.74, 6) is 8.29. The van der Waals surface area contributed by atoms with Crippen molar-refractivity contribution in [2.45, 2.75) is 19.6 Å². The van der Waals surface area contributed by atoms with Crippen LogP contribution in [0.3, 0.4) is 0 Å². The van der Waals surface area contributed by atoms with Crippen molar-refractivity contribution in [1.82, 2.24) is 0 Å². The van der Waals surface area contributed by atoms with E-state index in [0.29, 0.717) is 5.02 Å². The van der Waals surface area contributed by atoms with Crippen LogP contribution in [0.4, 0.5) is 0 Å². The van der Waals surface area contributed by atoms with Gasteiger partial charge in [0.05, 0.1) is 5.02 Å². The lowest BCUT2D eigenvalue weighted by Gasteiger charge is -2.01. The number of hydrogen-bond donors (Lipinski definition) is 0. The van der Waals surface area contributed by atoms with Gasteiger partial charge in [-0.25, -0.2) is 4.79 Å². The Morgan fingerprint density at radius 1 is 1.25 bits per heavy atom. The standard InChI is InChI=1S/C12H11ClO2Si/c1-16(2,3)7-5-4-6-11-8-10(13)9-12(14)15-11/h8-9H,1-3H3. The van der Waals surface area contributed by atoms with E-state index in [1.807, 2.05) is 0 Å². The molecule has 0 atom stereocenters. The van der Waals surface area contributed by atoms with Crippen LogP contribution in [0, 0.1) is 23.3 Å².